The predicted octanol–water partition coefficient (Wildman–Crippen LogP) is 2.89. The van der Waals surface area contributed by atoms with Crippen LogP contribution in [0.5, 0.6) is 0 Å². The molecule has 9 atom stereocenters. The van der Waals surface area contributed by atoms with Gasteiger partial charge in [0.1, 0.15) is 0 Å². The minimum atomic E-state index is -0.645. The summed E-state index contributed by atoms with van der Waals surface area (Å²) in [5.74, 6) is 1.91. The van der Waals surface area contributed by atoms with Gasteiger partial charge in [-0.25, -0.2) is 0 Å². The zero-order valence-corrected chi connectivity index (χ0v) is 14.5. The van der Waals surface area contributed by atoms with E-state index in [2.05, 4.69) is 19.9 Å². The predicted molar refractivity (Wildman–Crippen MR) is 89.7 cm³/mol. The molecule has 0 saturated heterocycles. The van der Waals surface area contributed by atoms with Crippen LogP contribution in [0, 0.1) is 35.0 Å². The molecule has 0 aromatic heterocycles. The van der Waals surface area contributed by atoms with Gasteiger partial charge in [0.15, 0.2) is 0 Å². The van der Waals surface area contributed by atoms with Crippen molar-refractivity contribution in [2.24, 2.45) is 35.0 Å². The van der Waals surface area contributed by atoms with Crippen LogP contribution in [-0.2, 0) is 0 Å². The number of aliphatic hydroxyl groups excluding tert-OH is 3. The van der Waals surface area contributed by atoms with Gasteiger partial charge in [0.05, 0.1) is 18.3 Å². The Morgan fingerprint density at radius 1 is 0.957 bits per heavy atom. The van der Waals surface area contributed by atoms with Crippen LogP contribution >= 0.6 is 0 Å². The second-order valence-electron chi connectivity index (χ2n) is 8.93. The maximum Gasteiger partial charge on any atom is 0.0835 e. The monoisotopic (exact) mass is 320 g/mol. The summed E-state index contributed by atoms with van der Waals surface area (Å²) >= 11 is 0. The molecule has 3 heteroatoms. The van der Waals surface area contributed by atoms with Gasteiger partial charge in [0, 0.05) is 0 Å². The third-order valence-electron chi connectivity index (χ3n) is 8.24. The molecular formula is C20H32O3. The van der Waals surface area contributed by atoms with E-state index < -0.39 is 12.2 Å². The second kappa shape index (κ2) is 5.57. The molecule has 4 aliphatic carbocycles. The fraction of sp³-hybridized carbons (Fsp3) is 0.900. The second-order valence-corrected chi connectivity index (χ2v) is 8.93. The maximum atomic E-state index is 11.0. The fourth-order valence-electron chi connectivity index (χ4n) is 7.15. The molecule has 4 aliphatic rings. The van der Waals surface area contributed by atoms with Crippen molar-refractivity contribution < 1.29 is 15.3 Å². The van der Waals surface area contributed by atoms with E-state index in [0.29, 0.717) is 24.2 Å². The van der Waals surface area contributed by atoms with E-state index in [0.717, 1.165) is 19.3 Å². The van der Waals surface area contributed by atoms with Crippen LogP contribution in [0.15, 0.2) is 11.6 Å². The number of fused-ring (bicyclic) bond motifs is 5. The van der Waals surface area contributed by atoms with E-state index >= 15 is 0 Å². The zero-order valence-electron chi connectivity index (χ0n) is 14.5. The highest BCUT2D eigenvalue weighted by molar-refractivity contribution is 5.24. The van der Waals surface area contributed by atoms with Crippen molar-refractivity contribution in [3.63, 3.8) is 0 Å². The fourth-order valence-corrected chi connectivity index (χ4v) is 7.15. The van der Waals surface area contributed by atoms with Crippen molar-refractivity contribution >= 4 is 0 Å². The summed E-state index contributed by atoms with van der Waals surface area (Å²) in [6.45, 7) is 4.55. The lowest BCUT2D eigenvalue weighted by atomic mass is 9.48. The van der Waals surface area contributed by atoms with Crippen molar-refractivity contribution in [2.75, 3.05) is 0 Å². The third kappa shape index (κ3) is 2.19. The van der Waals surface area contributed by atoms with E-state index in [9.17, 15) is 15.3 Å². The summed E-state index contributed by atoms with van der Waals surface area (Å²) < 4.78 is 0. The van der Waals surface area contributed by atoms with Gasteiger partial charge in [-0.15, -0.1) is 0 Å². The molecule has 4 saturated carbocycles. The molecule has 3 N–H and O–H groups in total. The molecule has 130 valence electrons. The highest BCUT2D eigenvalue weighted by Crippen LogP contribution is 2.64. The smallest absolute Gasteiger partial charge is 0.0835 e. The van der Waals surface area contributed by atoms with Gasteiger partial charge in [-0.1, -0.05) is 18.6 Å². The van der Waals surface area contributed by atoms with Gasteiger partial charge >= 0.3 is 0 Å². The highest BCUT2D eigenvalue weighted by atomic mass is 16.3. The minimum absolute atomic E-state index is 0.0990. The molecule has 0 aromatic rings. The molecule has 4 fully saturated rings. The molecule has 4 rings (SSSR count). The molecule has 3 nitrogen and oxygen atoms in total. The average molecular weight is 320 g/mol. The normalized spacial score (nSPS) is 57.7. The van der Waals surface area contributed by atoms with Gasteiger partial charge in [0.2, 0.25) is 0 Å². The average Bonchev–Trinajstić information content (AvgIpc) is 2.88. The van der Waals surface area contributed by atoms with Gasteiger partial charge in [0.25, 0.3) is 0 Å². The number of allylic oxidation sites excluding steroid dienone is 2. The third-order valence-corrected chi connectivity index (χ3v) is 8.24. The van der Waals surface area contributed by atoms with E-state index in [1.54, 1.807) is 5.57 Å². The molecule has 0 aliphatic heterocycles. The lowest BCUT2D eigenvalue weighted by Gasteiger charge is -2.58. The molecule has 5 unspecified atom stereocenters. The van der Waals surface area contributed by atoms with Crippen LogP contribution in [0.2, 0.25) is 0 Å². The topological polar surface area (TPSA) is 60.7 Å². The molecule has 0 amide bonds. The number of hydrogen-bond acceptors (Lipinski definition) is 3. The Labute approximate surface area is 139 Å². The summed E-state index contributed by atoms with van der Waals surface area (Å²) in [6.07, 6.45) is 8.07. The summed E-state index contributed by atoms with van der Waals surface area (Å²) in [5.41, 5.74) is 1.81. The molecule has 23 heavy (non-hydrogen) atoms. The lowest BCUT2D eigenvalue weighted by molar-refractivity contribution is -0.183. The van der Waals surface area contributed by atoms with E-state index in [1.807, 2.05) is 0 Å². The minimum Gasteiger partial charge on any atom is -0.393 e. The van der Waals surface area contributed by atoms with Crippen molar-refractivity contribution in [3.8, 4) is 0 Å². The van der Waals surface area contributed by atoms with Crippen molar-refractivity contribution in [1.82, 2.24) is 0 Å². The lowest BCUT2D eigenvalue weighted by Crippen LogP contribution is -2.59. The molecule has 0 spiro atoms. The van der Waals surface area contributed by atoms with Crippen LogP contribution in [-0.4, -0.2) is 33.6 Å². The number of hydrogen-bond donors (Lipinski definition) is 3. The zero-order chi connectivity index (χ0) is 16.4. The van der Waals surface area contributed by atoms with Gasteiger partial charge in [-0.3, -0.25) is 0 Å². The summed E-state index contributed by atoms with van der Waals surface area (Å²) in [7, 11) is 0. The number of rotatable bonds is 0. The van der Waals surface area contributed by atoms with E-state index in [4.69, 9.17) is 0 Å². The van der Waals surface area contributed by atoms with Crippen molar-refractivity contribution in [2.45, 2.75) is 77.1 Å². The first-order chi connectivity index (χ1) is 11.0. The van der Waals surface area contributed by atoms with Crippen LogP contribution in [0.4, 0.5) is 0 Å². The SMILES string of the molecule is C/C=C1/CCC2C3C(CC[C@]12C)C1CC[C@H](O)CC1[C@@H](O)[C@@H]3O. The molecule has 0 bridgehead atoms. The summed E-state index contributed by atoms with van der Waals surface area (Å²) in [5, 5.41) is 31.8. The first-order valence-corrected chi connectivity index (χ1v) is 9.67. The first-order valence-electron chi connectivity index (χ1n) is 9.67. The van der Waals surface area contributed by atoms with Crippen LogP contribution in [0.25, 0.3) is 0 Å². The van der Waals surface area contributed by atoms with E-state index in [1.165, 1.54) is 19.3 Å². The van der Waals surface area contributed by atoms with Crippen LogP contribution in [0.3, 0.4) is 0 Å². The molecule has 0 aromatic carbocycles. The Morgan fingerprint density at radius 2 is 1.74 bits per heavy atom. The Balaban J connectivity index is 1.67. The first kappa shape index (κ1) is 16.1. The molecule has 0 radical (unpaired) electrons. The molecule has 0 heterocycles. The number of aliphatic hydroxyl groups is 3. The Hall–Kier alpha value is -0.380. The maximum absolute atomic E-state index is 11.0. The Morgan fingerprint density at radius 3 is 2.48 bits per heavy atom. The van der Waals surface area contributed by atoms with Crippen LogP contribution in [0.1, 0.15) is 58.8 Å². The van der Waals surface area contributed by atoms with Gasteiger partial charge in [-0.2, -0.15) is 0 Å². The quantitative estimate of drug-likeness (QED) is 0.602. The Kier molecular flexibility index (Phi) is 3.90. The van der Waals surface area contributed by atoms with Crippen molar-refractivity contribution in [3.05, 3.63) is 11.6 Å². The summed E-state index contributed by atoms with van der Waals surface area (Å²) in [6, 6.07) is 0. The standard InChI is InChI=1S/C20H32O3/c1-3-11-4-7-16-17-14(8-9-20(11,16)2)13-6-5-12(21)10-15(13)18(22)19(17)23/h3,12-19,21-23H,4-10H2,1-2H3/b11-3-/t12-,13?,14?,15?,16?,17?,18+,19+,20+/m0/s1. The summed E-state index contributed by atoms with van der Waals surface area (Å²) in [4.78, 5) is 0. The highest BCUT2D eigenvalue weighted by Gasteiger charge is 2.60. The van der Waals surface area contributed by atoms with Crippen LogP contribution < -0.4 is 0 Å². The van der Waals surface area contributed by atoms with Crippen molar-refractivity contribution in [1.29, 1.82) is 0 Å². The van der Waals surface area contributed by atoms with Gasteiger partial charge in [-0.05, 0) is 86.9 Å². The van der Waals surface area contributed by atoms with E-state index in [-0.39, 0.29) is 23.4 Å². The Bertz CT molecular complexity index is 501. The molecular weight excluding hydrogens is 288 g/mol. The largest absolute Gasteiger partial charge is 0.393 e. The van der Waals surface area contributed by atoms with Gasteiger partial charge < -0.3 is 15.3 Å².